The fraction of sp³-hybridized carbons (Fsp3) is 0.371. The van der Waals surface area contributed by atoms with E-state index >= 15 is 0 Å². The lowest BCUT2D eigenvalue weighted by molar-refractivity contribution is 0.102. The van der Waals surface area contributed by atoms with Crippen LogP contribution in [0.2, 0.25) is 0 Å². The number of carbonyl (C=O) groups excluding carboxylic acids is 1. The van der Waals surface area contributed by atoms with Crippen LogP contribution < -0.4 is 5.32 Å². The number of anilines is 1. The number of carbonyl (C=O) groups is 1. The predicted octanol–water partition coefficient (Wildman–Crippen LogP) is 7.69. The van der Waals surface area contributed by atoms with Gasteiger partial charge in [-0.1, -0.05) is 79.7 Å². The lowest BCUT2D eigenvalue weighted by atomic mass is 9.79. The van der Waals surface area contributed by atoms with Gasteiger partial charge < -0.3 is 10.4 Å². The zero-order valence-electron chi connectivity index (χ0n) is 26.6. The molecule has 3 aromatic carbocycles. The molecule has 7 nitrogen and oxygen atoms in total. The molecule has 228 valence electrons. The van der Waals surface area contributed by atoms with E-state index in [4.69, 9.17) is 0 Å². The standard InChI is InChI=1S/C35H43N3O4S/c1-22(2)18-23-10-12-24(13-11-23)31-21-30(37-38(31)26-14-16-27(17-15-26)43(9,41)42)33(40)36-25-19-28(34(3,4)5)32(39)29(20-25)35(6,7)8/h10-17,19-22,39H,18H2,1-9H3,(H,36,40). The van der Waals surface area contributed by atoms with Crippen molar-refractivity contribution in [2.24, 2.45) is 5.92 Å². The number of benzene rings is 3. The first-order valence-electron chi connectivity index (χ1n) is 14.5. The van der Waals surface area contributed by atoms with Crippen LogP contribution in [0.3, 0.4) is 0 Å². The van der Waals surface area contributed by atoms with Gasteiger partial charge in [-0.25, -0.2) is 13.1 Å². The minimum atomic E-state index is -3.36. The van der Waals surface area contributed by atoms with Crippen molar-refractivity contribution in [1.29, 1.82) is 0 Å². The maximum Gasteiger partial charge on any atom is 0.276 e. The summed E-state index contributed by atoms with van der Waals surface area (Å²) in [6, 6.07) is 20.0. The number of hydrogen-bond acceptors (Lipinski definition) is 5. The molecule has 0 aliphatic heterocycles. The third-order valence-electron chi connectivity index (χ3n) is 7.33. The van der Waals surface area contributed by atoms with Gasteiger partial charge in [0.2, 0.25) is 0 Å². The van der Waals surface area contributed by atoms with Crippen LogP contribution in [0.15, 0.2) is 71.6 Å². The highest BCUT2D eigenvalue weighted by atomic mass is 32.2. The van der Waals surface area contributed by atoms with Gasteiger partial charge in [-0.2, -0.15) is 5.10 Å². The Kier molecular flexibility index (Phi) is 8.67. The third-order valence-corrected chi connectivity index (χ3v) is 8.46. The van der Waals surface area contributed by atoms with Crippen LogP contribution in [-0.2, 0) is 27.1 Å². The van der Waals surface area contributed by atoms with Crippen LogP contribution in [0.4, 0.5) is 5.69 Å². The van der Waals surface area contributed by atoms with Crippen molar-refractivity contribution in [2.45, 2.75) is 77.5 Å². The molecule has 8 heteroatoms. The van der Waals surface area contributed by atoms with E-state index < -0.39 is 15.7 Å². The highest BCUT2D eigenvalue weighted by molar-refractivity contribution is 7.90. The smallest absolute Gasteiger partial charge is 0.276 e. The second-order valence-corrected chi connectivity index (χ2v) is 15.8. The fourth-order valence-electron chi connectivity index (χ4n) is 5.06. The molecule has 0 bridgehead atoms. The minimum absolute atomic E-state index is 0.205. The monoisotopic (exact) mass is 601 g/mol. The number of rotatable bonds is 7. The molecule has 4 aromatic rings. The van der Waals surface area contributed by atoms with E-state index in [1.165, 1.54) is 11.8 Å². The van der Waals surface area contributed by atoms with E-state index in [-0.39, 0.29) is 27.2 Å². The molecule has 0 aliphatic carbocycles. The summed E-state index contributed by atoms with van der Waals surface area (Å²) in [5, 5.41) is 18.8. The number of hydrogen-bond donors (Lipinski definition) is 2. The van der Waals surface area contributed by atoms with Crippen molar-refractivity contribution in [3.63, 3.8) is 0 Å². The number of phenolic OH excluding ortho intramolecular Hbond substituents is 1. The normalized spacial score (nSPS) is 12.5. The van der Waals surface area contributed by atoms with Gasteiger partial charge in [0.1, 0.15) is 5.75 Å². The van der Waals surface area contributed by atoms with Crippen molar-refractivity contribution in [3.8, 4) is 22.7 Å². The van der Waals surface area contributed by atoms with Gasteiger partial charge in [-0.05, 0) is 71.2 Å². The zero-order valence-corrected chi connectivity index (χ0v) is 27.4. The summed E-state index contributed by atoms with van der Waals surface area (Å²) >= 11 is 0. The molecule has 4 rings (SSSR count). The lowest BCUT2D eigenvalue weighted by Gasteiger charge is -2.28. The Hall–Kier alpha value is -3.91. The molecule has 1 amide bonds. The quantitative estimate of drug-likeness (QED) is 0.212. The molecule has 2 N–H and O–H groups in total. The molecule has 1 aromatic heterocycles. The van der Waals surface area contributed by atoms with Crippen LogP contribution in [0, 0.1) is 5.92 Å². The molecule has 0 saturated heterocycles. The Morgan fingerprint density at radius 3 is 1.88 bits per heavy atom. The van der Waals surface area contributed by atoms with Gasteiger partial charge in [0.05, 0.1) is 16.3 Å². The number of nitrogens with one attached hydrogen (secondary N) is 1. The van der Waals surface area contributed by atoms with Gasteiger partial charge in [0.15, 0.2) is 15.5 Å². The molecule has 43 heavy (non-hydrogen) atoms. The largest absolute Gasteiger partial charge is 0.507 e. The third kappa shape index (κ3) is 7.36. The van der Waals surface area contributed by atoms with Gasteiger partial charge in [-0.15, -0.1) is 0 Å². The molecule has 0 fully saturated rings. The van der Waals surface area contributed by atoms with Crippen molar-refractivity contribution in [3.05, 3.63) is 89.1 Å². The number of nitrogens with zero attached hydrogens (tertiary/aromatic N) is 2. The second kappa shape index (κ2) is 11.6. The van der Waals surface area contributed by atoms with Crippen molar-refractivity contribution in [1.82, 2.24) is 9.78 Å². The fourth-order valence-corrected chi connectivity index (χ4v) is 5.69. The average Bonchev–Trinajstić information content (AvgIpc) is 3.34. The van der Waals surface area contributed by atoms with Crippen molar-refractivity contribution < 1.29 is 18.3 Å². The predicted molar refractivity (Wildman–Crippen MR) is 174 cm³/mol. The first-order chi connectivity index (χ1) is 19.8. The zero-order chi connectivity index (χ0) is 31.9. The van der Waals surface area contributed by atoms with Crippen LogP contribution in [0.1, 0.15) is 82.6 Å². The van der Waals surface area contributed by atoms with E-state index in [0.29, 0.717) is 23.0 Å². The van der Waals surface area contributed by atoms with Crippen LogP contribution in [0.5, 0.6) is 5.75 Å². The summed E-state index contributed by atoms with van der Waals surface area (Å²) in [6.07, 6.45) is 2.13. The highest BCUT2D eigenvalue weighted by Gasteiger charge is 2.27. The van der Waals surface area contributed by atoms with E-state index in [9.17, 15) is 18.3 Å². The average molecular weight is 602 g/mol. The SMILES string of the molecule is CC(C)Cc1ccc(-c2cc(C(=O)Nc3cc(C(C)(C)C)c(O)c(C(C)(C)C)c3)nn2-c2ccc(S(C)(=O)=O)cc2)cc1. The maximum absolute atomic E-state index is 13.7. The van der Waals surface area contributed by atoms with Gasteiger partial charge >= 0.3 is 0 Å². The summed E-state index contributed by atoms with van der Waals surface area (Å²) in [7, 11) is -3.36. The van der Waals surface area contributed by atoms with Gasteiger partial charge in [0, 0.05) is 28.6 Å². The van der Waals surface area contributed by atoms with Crippen molar-refractivity contribution >= 4 is 21.4 Å². The number of sulfone groups is 1. The van der Waals surface area contributed by atoms with Crippen LogP contribution in [0.25, 0.3) is 16.9 Å². The molecule has 0 atom stereocenters. The first-order valence-corrected chi connectivity index (χ1v) is 16.4. The summed E-state index contributed by atoms with van der Waals surface area (Å²) in [6.45, 7) is 16.5. The minimum Gasteiger partial charge on any atom is -0.507 e. The molecule has 0 saturated carbocycles. The first kappa shape index (κ1) is 32.0. The molecular weight excluding hydrogens is 558 g/mol. The lowest BCUT2D eigenvalue weighted by Crippen LogP contribution is -2.19. The molecule has 1 heterocycles. The van der Waals surface area contributed by atoms with Crippen LogP contribution >= 0.6 is 0 Å². The molecular formula is C35H43N3O4S. The Morgan fingerprint density at radius 1 is 0.884 bits per heavy atom. The Labute approximate surface area is 255 Å². The Morgan fingerprint density at radius 2 is 1.42 bits per heavy atom. The number of aromatic nitrogens is 2. The van der Waals surface area contributed by atoms with Crippen LogP contribution in [-0.4, -0.2) is 35.5 Å². The Bertz CT molecular complexity index is 1700. The highest BCUT2D eigenvalue weighted by Crippen LogP contribution is 2.41. The summed E-state index contributed by atoms with van der Waals surface area (Å²) in [5.74, 6) is 0.371. The molecule has 0 spiro atoms. The van der Waals surface area contributed by atoms with E-state index in [1.54, 1.807) is 35.0 Å². The number of amides is 1. The second-order valence-electron chi connectivity index (χ2n) is 13.8. The molecule has 0 aliphatic rings. The molecule has 0 unspecified atom stereocenters. The summed E-state index contributed by atoms with van der Waals surface area (Å²) < 4.78 is 25.8. The topological polar surface area (TPSA) is 101 Å². The van der Waals surface area contributed by atoms with E-state index in [0.717, 1.165) is 23.1 Å². The van der Waals surface area contributed by atoms with Crippen molar-refractivity contribution in [2.75, 3.05) is 11.6 Å². The summed E-state index contributed by atoms with van der Waals surface area (Å²) in [5.41, 5.74) is 4.99. The number of aromatic hydroxyl groups is 1. The van der Waals surface area contributed by atoms with E-state index in [1.807, 2.05) is 65.8 Å². The Balaban J connectivity index is 1.79. The molecule has 0 radical (unpaired) electrons. The van der Waals surface area contributed by atoms with Gasteiger partial charge in [0.25, 0.3) is 5.91 Å². The van der Waals surface area contributed by atoms with E-state index in [2.05, 4.69) is 36.4 Å². The number of phenols is 1. The maximum atomic E-state index is 13.7. The summed E-state index contributed by atoms with van der Waals surface area (Å²) in [4.78, 5) is 13.9. The van der Waals surface area contributed by atoms with Gasteiger partial charge in [-0.3, -0.25) is 4.79 Å².